The molecule has 0 unspecified atom stereocenters. The molecule has 0 aliphatic heterocycles. The average molecular weight is 188 g/mol. The number of aldehydes is 1. The second kappa shape index (κ2) is 4.62. The summed E-state index contributed by atoms with van der Waals surface area (Å²) in [6.45, 7) is 0. The van der Waals surface area contributed by atoms with Gasteiger partial charge in [0.25, 0.3) is 0 Å². The fourth-order valence-corrected chi connectivity index (χ4v) is 0.951. The predicted molar refractivity (Wildman–Crippen MR) is 47.4 cm³/mol. The van der Waals surface area contributed by atoms with Crippen LogP contribution in [0.4, 0.5) is 11.4 Å². The van der Waals surface area contributed by atoms with Gasteiger partial charge in [-0.3, -0.25) is 4.79 Å². The van der Waals surface area contributed by atoms with E-state index in [1.165, 1.54) is 30.4 Å². The molecule has 0 saturated heterocycles. The number of isocyanates is 2. The lowest BCUT2D eigenvalue weighted by Gasteiger charge is -1.98. The quantitative estimate of drug-likeness (QED) is 0.409. The van der Waals surface area contributed by atoms with E-state index in [1.54, 1.807) is 0 Å². The fourth-order valence-electron chi connectivity index (χ4n) is 0.951. The van der Waals surface area contributed by atoms with E-state index in [4.69, 9.17) is 0 Å². The van der Waals surface area contributed by atoms with Crippen molar-refractivity contribution in [2.24, 2.45) is 9.98 Å². The minimum atomic E-state index is 0.0286. The van der Waals surface area contributed by atoms with Gasteiger partial charge in [-0.25, -0.2) is 9.59 Å². The van der Waals surface area contributed by atoms with E-state index in [1.807, 2.05) is 0 Å². The van der Waals surface area contributed by atoms with Gasteiger partial charge in [0.1, 0.15) is 11.4 Å². The minimum absolute atomic E-state index is 0.0286. The lowest BCUT2D eigenvalue weighted by molar-refractivity contribution is 0.112. The normalized spacial score (nSPS) is 8.29. The zero-order valence-corrected chi connectivity index (χ0v) is 6.93. The Balaban J connectivity index is 3.49. The number of carbonyl (C=O) groups excluding carboxylic acids is 3. The summed E-state index contributed by atoms with van der Waals surface area (Å²) in [6, 6.07) is 4.41. The molecule has 0 atom stereocenters. The van der Waals surface area contributed by atoms with E-state index >= 15 is 0 Å². The van der Waals surface area contributed by atoms with Crippen LogP contribution in [0.5, 0.6) is 0 Å². The number of hydrogen-bond donors (Lipinski definition) is 0. The standard InChI is InChI=1S/C9H4N2O3/c12-4-7-2-1-3-8(10-5-13)9(7)11-6-14/h1-4H. The molecule has 0 radical (unpaired) electrons. The maximum absolute atomic E-state index is 10.5. The molecule has 0 aromatic heterocycles. The van der Waals surface area contributed by atoms with E-state index in [0.717, 1.165) is 0 Å². The molecule has 0 heterocycles. The zero-order valence-electron chi connectivity index (χ0n) is 6.93. The summed E-state index contributed by atoms with van der Waals surface area (Å²) in [5.41, 5.74) is 0.318. The second-order valence-electron chi connectivity index (χ2n) is 2.24. The summed E-state index contributed by atoms with van der Waals surface area (Å²) >= 11 is 0. The van der Waals surface area contributed by atoms with Crippen LogP contribution >= 0.6 is 0 Å². The Labute approximate surface area is 78.8 Å². The third kappa shape index (κ3) is 1.87. The molecule has 1 rings (SSSR count). The maximum atomic E-state index is 10.5. The Hall–Kier alpha value is -2.35. The highest BCUT2D eigenvalue weighted by molar-refractivity contribution is 5.89. The molecule has 0 fully saturated rings. The molecule has 0 spiro atoms. The van der Waals surface area contributed by atoms with Crippen LogP contribution in [0, 0.1) is 0 Å². The number of aliphatic imine (C=N–C) groups is 2. The molecule has 68 valence electrons. The summed E-state index contributed by atoms with van der Waals surface area (Å²) in [4.78, 5) is 37.2. The molecule has 0 N–H and O–H groups in total. The molecule has 5 heteroatoms. The van der Waals surface area contributed by atoms with Crippen molar-refractivity contribution in [1.82, 2.24) is 0 Å². The highest BCUT2D eigenvalue weighted by Crippen LogP contribution is 2.29. The van der Waals surface area contributed by atoms with Gasteiger partial charge in [-0.2, -0.15) is 9.98 Å². The molecule has 1 aromatic rings. The molecule has 0 aliphatic carbocycles. The van der Waals surface area contributed by atoms with E-state index in [0.29, 0.717) is 6.29 Å². The van der Waals surface area contributed by atoms with E-state index < -0.39 is 0 Å². The summed E-state index contributed by atoms with van der Waals surface area (Å²) in [5, 5.41) is 0. The largest absolute Gasteiger partial charge is 0.298 e. The second-order valence-corrected chi connectivity index (χ2v) is 2.24. The number of para-hydroxylation sites is 1. The lowest BCUT2D eigenvalue weighted by Crippen LogP contribution is -1.80. The zero-order chi connectivity index (χ0) is 10.4. The third-order valence-corrected chi connectivity index (χ3v) is 1.50. The van der Waals surface area contributed by atoms with Gasteiger partial charge < -0.3 is 0 Å². The van der Waals surface area contributed by atoms with Crippen molar-refractivity contribution in [2.45, 2.75) is 0 Å². The number of benzene rings is 1. The smallest absolute Gasteiger partial charge is 0.240 e. The fraction of sp³-hybridized carbons (Fsp3) is 0. The number of carbonyl (C=O) groups is 1. The molecule has 0 bridgehead atoms. The van der Waals surface area contributed by atoms with Crippen LogP contribution in [0.1, 0.15) is 10.4 Å². The van der Waals surface area contributed by atoms with Crippen molar-refractivity contribution in [3.63, 3.8) is 0 Å². The predicted octanol–water partition coefficient (Wildman–Crippen LogP) is 1.43. The van der Waals surface area contributed by atoms with Crippen LogP contribution < -0.4 is 0 Å². The van der Waals surface area contributed by atoms with Gasteiger partial charge in [-0.1, -0.05) is 6.07 Å². The van der Waals surface area contributed by atoms with Crippen molar-refractivity contribution in [3.8, 4) is 0 Å². The summed E-state index contributed by atoms with van der Waals surface area (Å²) in [7, 11) is 0. The Morgan fingerprint density at radius 3 is 2.43 bits per heavy atom. The SMILES string of the molecule is O=C=Nc1cccc(C=O)c1N=C=O. The molecular formula is C9H4N2O3. The van der Waals surface area contributed by atoms with Gasteiger partial charge in [0.2, 0.25) is 12.2 Å². The summed E-state index contributed by atoms with van der Waals surface area (Å²) in [5.74, 6) is 0. The molecule has 5 nitrogen and oxygen atoms in total. The molecule has 1 aromatic carbocycles. The van der Waals surface area contributed by atoms with Crippen LogP contribution in [0.3, 0.4) is 0 Å². The maximum Gasteiger partial charge on any atom is 0.240 e. The summed E-state index contributed by atoms with van der Waals surface area (Å²) in [6.07, 6.45) is 3.10. The Morgan fingerprint density at radius 2 is 1.86 bits per heavy atom. The van der Waals surface area contributed by atoms with Crippen LogP contribution in [-0.2, 0) is 9.59 Å². The monoisotopic (exact) mass is 188 g/mol. The van der Waals surface area contributed by atoms with Crippen LogP contribution in [0.2, 0.25) is 0 Å². The van der Waals surface area contributed by atoms with Crippen LogP contribution in [-0.4, -0.2) is 18.4 Å². The van der Waals surface area contributed by atoms with E-state index in [2.05, 4.69) is 9.98 Å². The highest BCUT2D eigenvalue weighted by Gasteiger charge is 2.05. The topological polar surface area (TPSA) is 75.9 Å². The first-order chi connectivity index (χ1) is 6.83. The average Bonchev–Trinajstić information content (AvgIpc) is 2.21. The Bertz CT molecular complexity index is 455. The van der Waals surface area contributed by atoms with Crippen molar-refractivity contribution < 1.29 is 14.4 Å². The molecule has 14 heavy (non-hydrogen) atoms. The first-order valence-corrected chi connectivity index (χ1v) is 3.57. The van der Waals surface area contributed by atoms with Crippen molar-refractivity contribution in [1.29, 1.82) is 0 Å². The Kier molecular flexibility index (Phi) is 3.21. The molecular weight excluding hydrogens is 184 g/mol. The number of nitrogens with zero attached hydrogens (tertiary/aromatic N) is 2. The van der Waals surface area contributed by atoms with Crippen molar-refractivity contribution in [3.05, 3.63) is 23.8 Å². The number of hydrogen-bond acceptors (Lipinski definition) is 5. The van der Waals surface area contributed by atoms with Gasteiger partial charge in [0.15, 0.2) is 6.29 Å². The number of rotatable bonds is 3. The van der Waals surface area contributed by atoms with Crippen LogP contribution in [0.15, 0.2) is 28.2 Å². The van der Waals surface area contributed by atoms with Crippen molar-refractivity contribution in [2.75, 3.05) is 0 Å². The third-order valence-electron chi connectivity index (χ3n) is 1.50. The molecule has 0 aliphatic rings. The molecule has 0 saturated carbocycles. The van der Waals surface area contributed by atoms with Gasteiger partial charge in [0, 0.05) is 5.56 Å². The van der Waals surface area contributed by atoms with Crippen LogP contribution in [0.25, 0.3) is 0 Å². The van der Waals surface area contributed by atoms with E-state index in [-0.39, 0.29) is 16.9 Å². The molecule has 0 amide bonds. The van der Waals surface area contributed by atoms with Crippen molar-refractivity contribution >= 4 is 29.8 Å². The minimum Gasteiger partial charge on any atom is -0.298 e. The van der Waals surface area contributed by atoms with Gasteiger partial charge in [-0.15, -0.1) is 0 Å². The van der Waals surface area contributed by atoms with Gasteiger partial charge >= 0.3 is 0 Å². The van der Waals surface area contributed by atoms with E-state index in [9.17, 15) is 14.4 Å². The highest BCUT2D eigenvalue weighted by atomic mass is 16.1. The Morgan fingerprint density at radius 1 is 1.14 bits per heavy atom. The first-order valence-electron chi connectivity index (χ1n) is 3.57. The first kappa shape index (κ1) is 9.74. The van der Waals surface area contributed by atoms with Gasteiger partial charge in [-0.05, 0) is 12.1 Å². The summed E-state index contributed by atoms with van der Waals surface area (Å²) < 4.78 is 0. The lowest BCUT2D eigenvalue weighted by atomic mass is 10.1. The van der Waals surface area contributed by atoms with Gasteiger partial charge in [0.05, 0.1) is 0 Å².